The van der Waals surface area contributed by atoms with Crippen molar-refractivity contribution in [2.75, 3.05) is 0 Å². The van der Waals surface area contributed by atoms with E-state index in [0.29, 0.717) is 0 Å². The zero-order valence-electron chi connectivity index (χ0n) is 11.1. The van der Waals surface area contributed by atoms with Crippen LogP contribution in [0.4, 0.5) is 4.79 Å². The Labute approximate surface area is 108 Å². The minimum atomic E-state index is -0.482. The van der Waals surface area contributed by atoms with Crippen LogP contribution in [-0.4, -0.2) is 11.7 Å². The summed E-state index contributed by atoms with van der Waals surface area (Å²) in [5.41, 5.74) is 7.77. The molecule has 98 valence electrons. The van der Waals surface area contributed by atoms with Crippen molar-refractivity contribution in [1.82, 2.24) is 5.32 Å². The number of carbonyl (C=O) groups excluding carboxylic acids is 1. The van der Waals surface area contributed by atoms with Crippen LogP contribution in [0, 0.1) is 0 Å². The molecule has 0 fully saturated rings. The molecule has 2 rings (SSSR count). The second-order valence-electron chi connectivity index (χ2n) is 5.67. The highest BCUT2D eigenvalue weighted by atomic mass is 16.6. The van der Waals surface area contributed by atoms with Gasteiger partial charge in [-0.1, -0.05) is 24.3 Å². The summed E-state index contributed by atoms with van der Waals surface area (Å²) >= 11 is 0. The minimum absolute atomic E-state index is 0.0128. The predicted octanol–water partition coefficient (Wildman–Crippen LogP) is 2.66. The Morgan fingerprint density at radius 3 is 2.56 bits per heavy atom. The number of carbonyl (C=O) groups is 1. The molecular formula is C14H20N2O2. The van der Waals surface area contributed by atoms with E-state index in [-0.39, 0.29) is 12.1 Å². The molecule has 0 heterocycles. The van der Waals surface area contributed by atoms with Gasteiger partial charge in [-0.15, -0.1) is 0 Å². The summed E-state index contributed by atoms with van der Waals surface area (Å²) in [7, 11) is 0. The number of hydrogen-bond donors (Lipinski definition) is 2. The monoisotopic (exact) mass is 248 g/mol. The van der Waals surface area contributed by atoms with Gasteiger partial charge in [-0.25, -0.2) is 4.79 Å². The van der Waals surface area contributed by atoms with Gasteiger partial charge in [0.25, 0.3) is 0 Å². The quantitative estimate of drug-likeness (QED) is 0.803. The summed E-state index contributed by atoms with van der Waals surface area (Å²) < 4.78 is 5.26. The fourth-order valence-corrected chi connectivity index (χ4v) is 2.26. The molecule has 4 nitrogen and oxygen atoms in total. The SMILES string of the molecule is CC(C)(C)OC(=O)NC1CC(N)c2ccccc21. The van der Waals surface area contributed by atoms with Crippen molar-refractivity contribution in [2.45, 2.75) is 44.9 Å². The Bertz CT molecular complexity index is 451. The molecular weight excluding hydrogens is 228 g/mol. The van der Waals surface area contributed by atoms with Crippen molar-refractivity contribution >= 4 is 6.09 Å². The largest absolute Gasteiger partial charge is 0.444 e. The molecule has 1 aliphatic rings. The summed E-state index contributed by atoms with van der Waals surface area (Å²) in [5.74, 6) is 0. The lowest BCUT2D eigenvalue weighted by Gasteiger charge is -2.22. The fraction of sp³-hybridized carbons (Fsp3) is 0.500. The van der Waals surface area contributed by atoms with Crippen molar-refractivity contribution in [3.8, 4) is 0 Å². The van der Waals surface area contributed by atoms with Crippen molar-refractivity contribution in [2.24, 2.45) is 5.73 Å². The van der Waals surface area contributed by atoms with E-state index in [9.17, 15) is 4.79 Å². The molecule has 0 saturated carbocycles. The van der Waals surface area contributed by atoms with Crippen LogP contribution in [0.25, 0.3) is 0 Å². The molecule has 1 aromatic rings. The first-order valence-corrected chi connectivity index (χ1v) is 6.21. The topological polar surface area (TPSA) is 64.3 Å². The number of ether oxygens (including phenoxy) is 1. The standard InChI is InChI=1S/C14H20N2O2/c1-14(2,3)18-13(17)16-12-8-11(15)9-6-4-5-7-10(9)12/h4-7,11-12H,8,15H2,1-3H3,(H,16,17). The third kappa shape index (κ3) is 2.82. The lowest BCUT2D eigenvalue weighted by atomic mass is 10.1. The number of amides is 1. The normalized spacial score (nSPS) is 22.4. The molecule has 0 saturated heterocycles. The molecule has 3 N–H and O–H groups in total. The minimum Gasteiger partial charge on any atom is -0.444 e. The maximum Gasteiger partial charge on any atom is 0.408 e. The number of nitrogens with two attached hydrogens (primary N) is 1. The Balaban J connectivity index is 2.07. The van der Waals surface area contributed by atoms with E-state index in [4.69, 9.17) is 10.5 Å². The molecule has 18 heavy (non-hydrogen) atoms. The van der Waals surface area contributed by atoms with Crippen LogP contribution < -0.4 is 11.1 Å². The molecule has 0 radical (unpaired) electrons. The van der Waals surface area contributed by atoms with E-state index in [2.05, 4.69) is 5.32 Å². The van der Waals surface area contributed by atoms with Crippen LogP contribution >= 0.6 is 0 Å². The molecule has 4 heteroatoms. The highest BCUT2D eigenvalue weighted by Crippen LogP contribution is 2.36. The molecule has 1 amide bonds. The van der Waals surface area contributed by atoms with E-state index in [1.165, 1.54) is 0 Å². The zero-order valence-corrected chi connectivity index (χ0v) is 11.1. The molecule has 2 unspecified atom stereocenters. The van der Waals surface area contributed by atoms with Crippen molar-refractivity contribution in [3.63, 3.8) is 0 Å². The van der Waals surface area contributed by atoms with E-state index in [1.807, 2.05) is 45.0 Å². The van der Waals surface area contributed by atoms with E-state index in [1.54, 1.807) is 0 Å². The molecule has 0 aliphatic heterocycles. The molecule has 0 bridgehead atoms. The average Bonchev–Trinajstić information content (AvgIpc) is 2.54. The van der Waals surface area contributed by atoms with Gasteiger partial charge in [0.1, 0.15) is 5.60 Å². The maximum atomic E-state index is 11.8. The summed E-state index contributed by atoms with van der Waals surface area (Å²) in [6.07, 6.45) is 0.329. The Morgan fingerprint density at radius 2 is 1.94 bits per heavy atom. The molecule has 1 aromatic carbocycles. The van der Waals surface area contributed by atoms with Crippen molar-refractivity contribution < 1.29 is 9.53 Å². The number of alkyl carbamates (subject to hydrolysis) is 1. The van der Waals surface area contributed by atoms with Gasteiger partial charge in [0.2, 0.25) is 0 Å². The van der Waals surface area contributed by atoms with E-state index < -0.39 is 11.7 Å². The Hall–Kier alpha value is -1.55. The number of rotatable bonds is 1. The molecule has 1 aliphatic carbocycles. The summed E-state index contributed by atoms with van der Waals surface area (Å²) in [4.78, 5) is 11.8. The van der Waals surface area contributed by atoms with Crippen LogP contribution in [0.3, 0.4) is 0 Å². The number of benzene rings is 1. The van der Waals surface area contributed by atoms with Gasteiger partial charge in [-0.05, 0) is 38.3 Å². The Kier molecular flexibility index (Phi) is 3.30. The third-order valence-electron chi connectivity index (χ3n) is 2.95. The van der Waals surface area contributed by atoms with Crippen molar-refractivity contribution in [1.29, 1.82) is 0 Å². The lowest BCUT2D eigenvalue weighted by molar-refractivity contribution is 0.0502. The van der Waals surface area contributed by atoms with Gasteiger partial charge in [-0.2, -0.15) is 0 Å². The highest BCUT2D eigenvalue weighted by molar-refractivity contribution is 5.68. The van der Waals surface area contributed by atoms with Gasteiger partial charge in [0.15, 0.2) is 0 Å². The smallest absolute Gasteiger partial charge is 0.408 e. The second-order valence-corrected chi connectivity index (χ2v) is 5.67. The summed E-state index contributed by atoms with van der Waals surface area (Å²) in [6.45, 7) is 5.54. The number of fused-ring (bicyclic) bond motifs is 1. The van der Waals surface area contributed by atoms with E-state index in [0.717, 1.165) is 17.5 Å². The van der Waals surface area contributed by atoms with Gasteiger partial charge < -0.3 is 15.8 Å². The zero-order chi connectivity index (χ0) is 13.3. The first-order valence-electron chi connectivity index (χ1n) is 6.21. The van der Waals surface area contributed by atoms with Gasteiger partial charge >= 0.3 is 6.09 Å². The van der Waals surface area contributed by atoms with E-state index >= 15 is 0 Å². The third-order valence-corrected chi connectivity index (χ3v) is 2.95. The predicted molar refractivity (Wildman–Crippen MR) is 70.1 cm³/mol. The number of nitrogens with one attached hydrogen (secondary N) is 1. The first-order chi connectivity index (χ1) is 8.37. The lowest BCUT2D eigenvalue weighted by Crippen LogP contribution is -2.34. The molecule has 0 spiro atoms. The van der Waals surface area contributed by atoms with Gasteiger partial charge in [-0.3, -0.25) is 0 Å². The van der Waals surface area contributed by atoms with Gasteiger partial charge in [0, 0.05) is 6.04 Å². The van der Waals surface area contributed by atoms with Crippen molar-refractivity contribution in [3.05, 3.63) is 35.4 Å². The molecule has 2 atom stereocenters. The summed E-state index contributed by atoms with van der Waals surface area (Å²) in [5, 5.41) is 2.88. The van der Waals surface area contributed by atoms with Crippen LogP contribution in [0.1, 0.15) is 50.4 Å². The van der Waals surface area contributed by atoms with Crippen LogP contribution in [0.2, 0.25) is 0 Å². The Morgan fingerprint density at radius 1 is 1.33 bits per heavy atom. The summed E-state index contributed by atoms with van der Waals surface area (Å²) in [6, 6.07) is 7.88. The van der Waals surface area contributed by atoms with Crippen LogP contribution in [0.5, 0.6) is 0 Å². The maximum absolute atomic E-state index is 11.8. The number of hydrogen-bond acceptors (Lipinski definition) is 3. The highest BCUT2D eigenvalue weighted by Gasteiger charge is 2.30. The average molecular weight is 248 g/mol. The van der Waals surface area contributed by atoms with Gasteiger partial charge in [0.05, 0.1) is 6.04 Å². The van der Waals surface area contributed by atoms with Crippen LogP contribution in [0.15, 0.2) is 24.3 Å². The fourth-order valence-electron chi connectivity index (χ4n) is 2.26. The molecule has 0 aromatic heterocycles. The van der Waals surface area contributed by atoms with Crippen LogP contribution in [-0.2, 0) is 4.74 Å². The first kappa shape index (κ1) is 12.9. The second kappa shape index (κ2) is 4.61.